The van der Waals surface area contributed by atoms with Gasteiger partial charge in [-0.2, -0.15) is 0 Å². The minimum atomic E-state index is -0.233. The van der Waals surface area contributed by atoms with E-state index in [2.05, 4.69) is 5.32 Å². The van der Waals surface area contributed by atoms with Gasteiger partial charge in [0.2, 0.25) is 5.91 Å². The van der Waals surface area contributed by atoms with Gasteiger partial charge in [-0.25, -0.2) is 0 Å². The molecule has 0 unspecified atom stereocenters. The summed E-state index contributed by atoms with van der Waals surface area (Å²) in [5.74, 6) is -0.223. The van der Waals surface area contributed by atoms with Gasteiger partial charge in [0, 0.05) is 32.1 Å². The van der Waals surface area contributed by atoms with E-state index in [0.717, 1.165) is 6.42 Å². The SMILES string of the molecule is CCCN(CCNC(=O)c1ccc(Cl)c(Cl)c1)C(C)=O. The van der Waals surface area contributed by atoms with Gasteiger partial charge in [0.1, 0.15) is 0 Å². The van der Waals surface area contributed by atoms with E-state index >= 15 is 0 Å². The second-order valence-electron chi connectivity index (χ2n) is 4.39. The van der Waals surface area contributed by atoms with Crippen LogP contribution in [-0.2, 0) is 4.79 Å². The summed E-state index contributed by atoms with van der Waals surface area (Å²) in [6.07, 6.45) is 0.889. The molecular formula is C14H18Cl2N2O2. The average Bonchev–Trinajstić information content (AvgIpc) is 2.40. The number of amides is 2. The maximum atomic E-state index is 11.9. The van der Waals surface area contributed by atoms with Gasteiger partial charge in [0.05, 0.1) is 10.0 Å². The molecule has 1 N–H and O–H groups in total. The molecule has 4 nitrogen and oxygen atoms in total. The van der Waals surface area contributed by atoms with Crippen molar-refractivity contribution in [2.24, 2.45) is 0 Å². The van der Waals surface area contributed by atoms with Crippen LogP contribution in [0.3, 0.4) is 0 Å². The number of nitrogens with zero attached hydrogens (tertiary/aromatic N) is 1. The Balaban J connectivity index is 2.50. The number of halogens is 2. The first-order valence-corrected chi connectivity index (χ1v) is 7.20. The van der Waals surface area contributed by atoms with E-state index < -0.39 is 0 Å². The molecule has 0 aliphatic heterocycles. The largest absolute Gasteiger partial charge is 0.350 e. The summed E-state index contributed by atoms with van der Waals surface area (Å²) in [4.78, 5) is 24.9. The van der Waals surface area contributed by atoms with E-state index in [9.17, 15) is 9.59 Å². The second-order valence-corrected chi connectivity index (χ2v) is 5.21. The van der Waals surface area contributed by atoms with Gasteiger partial charge in [0.25, 0.3) is 5.91 Å². The summed E-state index contributed by atoms with van der Waals surface area (Å²) >= 11 is 11.7. The topological polar surface area (TPSA) is 49.4 Å². The predicted octanol–water partition coefficient (Wildman–Crippen LogP) is 2.98. The summed E-state index contributed by atoms with van der Waals surface area (Å²) in [7, 11) is 0. The molecule has 0 aromatic heterocycles. The Kier molecular flexibility index (Phi) is 6.82. The Morgan fingerprint density at radius 1 is 1.20 bits per heavy atom. The normalized spacial score (nSPS) is 10.2. The summed E-state index contributed by atoms with van der Waals surface area (Å²) in [6, 6.07) is 4.71. The molecule has 0 heterocycles. The highest BCUT2D eigenvalue weighted by Crippen LogP contribution is 2.22. The summed E-state index contributed by atoms with van der Waals surface area (Å²) in [5, 5.41) is 3.51. The van der Waals surface area contributed by atoms with Gasteiger partial charge < -0.3 is 10.2 Å². The van der Waals surface area contributed by atoms with Crippen molar-refractivity contribution < 1.29 is 9.59 Å². The summed E-state index contributed by atoms with van der Waals surface area (Å²) < 4.78 is 0. The quantitative estimate of drug-likeness (QED) is 0.877. The van der Waals surface area contributed by atoms with Crippen molar-refractivity contribution >= 4 is 35.0 Å². The second kappa shape index (κ2) is 8.12. The molecule has 0 aliphatic carbocycles. The van der Waals surface area contributed by atoms with Gasteiger partial charge in [-0.1, -0.05) is 30.1 Å². The third-order valence-corrected chi connectivity index (χ3v) is 3.53. The minimum absolute atomic E-state index is 0.00985. The van der Waals surface area contributed by atoms with Gasteiger partial charge in [-0.15, -0.1) is 0 Å². The number of hydrogen-bond donors (Lipinski definition) is 1. The number of carbonyl (C=O) groups excluding carboxylic acids is 2. The monoisotopic (exact) mass is 316 g/mol. The van der Waals surface area contributed by atoms with Crippen LogP contribution in [0.15, 0.2) is 18.2 Å². The third kappa shape index (κ3) is 5.02. The highest BCUT2D eigenvalue weighted by atomic mass is 35.5. The number of rotatable bonds is 6. The van der Waals surface area contributed by atoms with E-state index in [1.54, 1.807) is 17.0 Å². The molecule has 6 heteroatoms. The van der Waals surface area contributed by atoms with E-state index in [-0.39, 0.29) is 11.8 Å². The van der Waals surface area contributed by atoms with E-state index in [4.69, 9.17) is 23.2 Å². The molecule has 0 bridgehead atoms. The smallest absolute Gasteiger partial charge is 0.251 e. The minimum Gasteiger partial charge on any atom is -0.350 e. The van der Waals surface area contributed by atoms with Crippen molar-refractivity contribution in [1.29, 1.82) is 0 Å². The molecule has 20 heavy (non-hydrogen) atoms. The number of hydrogen-bond acceptors (Lipinski definition) is 2. The van der Waals surface area contributed by atoms with Crippen molar-refractivity contribution in [3.05, 3.63) is 33.8 Å². The van der Waals surface area contributed by atoms with E-state index in [1.165, 1.54) is 13.0 Å². The van der Waals surface area contributed by atoms with Crippen LogP contribution in [0, 0.1) is 0 Å². The van der Waals surface area contributed by atoms with Crippen molar-refractivity contribution in [3.63, 3.8) is 0 Å². The molecule has 1 rings (SSSR count). The van der Waals surface area contributed by atoms with Crippen LogP contribution in [0.25, 0.3) is 0 Å². The maximum absolute atomic E-state index is 11.9. The van der Waals surface area contributed by atoms with Gasteiger partial charge in [0.15, 0.2) is 0 Å². The van der Waals surface area contributed by atoms with Gasteiger partial charge >= 0.3 is 0 Å². The molecule has 1 aromatic rings. The highest BCUT2D eigenvalue weighted by molar-refractivity contribution is 6.42. The molecule has 1 aromatic carbocycles. The molecule has 0 spiro atoms. The number of nitrogens with one attached hydrogen (secondary N) is 1. The van der Waals surface area contributed by atoms with Crippen LogP contribution in [0.4, 0.5) is 0 Å². The van der Waals surface area contributed by atoms with Crippen LogP contribution in [0.2, 0.25) is 10.0 Å². The summed E-state index contributed by atoms with van der Waals surface area (Å²) in [5.41, 5.74) is 0.448. The van der Waals surface area contributed by atoms with Crippen molar-refractivity contribution in [2.75, 3.05) is 19.6 Å². The van der Waals surface area contributed by atoms with Crippen molar-refractivity contribution in [1.82, 2.24) is 10.2 Å². The fraction of sp³-hybridized carbons (Fsp3) is 0.429. The fourth-order valence-corrected chi connectivity index (χ4v) is 2.04. The van der Waals surface area contributed by atoms with Gasteiger partial charge in [-0.05, 0) is 24.6 Å². The molecule has 2 amide bonds. The lowest BCUT2D eigenvalue weighted by Gasteiger charge is -2.20. The van der Waals surface area contributed by atoms with Crippen molar-refractivity contribution in [3.8, 4) is 0 Å². The maximum Gasteiger partial charge on any atom is 0.251 e. The molecular weight excluding hydrogens is 299 g/mol. The standard InChI is InChI=1S/C14H18Cl2N2O2/c1-3-7-18(10(2)19)8-6-17-14(20)11-4-5-12(15)13(16)9-11/h4-5,9H,3,6-8H2,1-2H3,(H,17,20). The predicted molar refractivity (Wildman–Crippen MR) is 81.3 cm³/mol. The zero-order valence-electron chi connectivity index (χ0n) is 11.6. The van der Waals surface area contributed by atoms with Crippen molar-refractivity contribution in [2.45, 2.75) is 20.3 Å². The van der Waals surface area contributed by atoms with Crippen LogP contribution in [0.1, 0.15) is 30.6 Å². The molecule has 0 aliphatic rings. The van der Waals surface area contributed by atoms with E-state index in [0.29, 0.717) is 35.2 Å². The third-order valence-electron chi connectivity index (χ3n) is 2.79. The van der Waals surface area contributed by atoms with Crippen LogP contribution in [-0.4, -0.2) is 36.3 Å². The highest BCUT2D eigenvalue weighted by Gasteiger charge is 2.10. The zero-order chi connectivity index (χ0) is 15.1. The zero-order valence-corrected chi connectivity index (χ0v) is 13.1. The average molecular weight is 317 g/mol. The molecule has 0 fully saturated rings. The van der Waals surface area contributed by atoms with Gasteiger partial charge in [-0.3, -0.25) is 9.59 Å². The Bertz CT molecular complexity index is 492. The first kappa shape index (κ1) is 16.8. The van der Waals surface area contributed by atoms with E-state index in [1.807, 2.05) is 6.92 Å². The first-order valence-electron chi connectivity index (χ1n) is 6.44. The van der Waals surface area contributed by atoms with Crippen LogP contribution in [0.5, 0.6) is 0 Å². The van der Waals surface area contributed by atoms with Crippen LogP contribution < -0.4 is 5.32 Å². The number of benzene rings is 1. The van der Waals surface area contributed by atoms with Crippen LogP contribution >= 0.6 is 23.2 Å². The Morgan fingerprint density at radius 2 is 1.90 bits per heavy atom. The lowest BCUT2D eigenvalue weighted by Crippen LogP contribution is -2.37. The lowest BCUT2D eigenvalue weighted by atomic mass is 10.2. The molecule has 0 radical (unpaired) electrons. The Hall–Kier alpha value is -1.26. The number of carbonyl (C=O) groups is 2. The molecule has 0 saturated heterocycles. The Labute approximate surface area is 129 Å². The Morgan fingerprint density at radius 3 is 2.45 bits per heavy atom. The fourth-order valence-electron chi connectivity index (χ4n) is 1.74. The lowest BCUT2D eigenvalue weighted by molar-refractivity contribution is -0.128. The molecule has 110 valence electrons. The first-order chi connectivity index (χ1) is 9.45. The summed E-state index contributed by atoms with van der Waals surface area (Å²) in [6.45, 7) is 5.12. The molecule has 0 atom stereocenters. The molecule has 0 saturated carbocycles.